The molecule has 4 rings (SSSR count). The van der Waals surface area contributed by atoms with E-state index in [1.54, 1.807) is 6.08 Å². The summed E-state index contributed by atoms with van der Waals surface area (Å²) in [6.07, 6.45) is 3.66. The minimum atomic E-state index is -0.447. The molecular formula is C20H14INO4. The average molecular weight is 459 g/mol. The first kappa shape index (κ1) is 16.8. The van der Waals surface area contributed by atoms with Crippen LogP contribution in [0.4, 0.5) is 0 Å². The molecule has 2 aromatic carbocycles. The molecule has 0 unspecified atom stereocenters. The first-order valence-electron chi connectivity index (χ1n) is 7.95. The maximum absolute atomic E-state index is 12.1. The number of ether oxygens (including phenoxy) is 3. The average Bonchev–Trinajstić information content (AvgIpc) is 3.22. The number of aliphatic imine (C=N–C) groups is 1. The summed E-state index contributed by atoms with van der Waals surface area (Å²) in [5.74, 6) is 1.34. The Balaban J connectivity index is 1.58. The zero-order chi connectivity index (χ0) is 18.1. The molecule has 6 heteroatoms. The maximum atomic E-state index is 12.1. The molecule has 130 valence electrons. The number of nitrogens with zero attached hydrogens (tertiary/aromatic N) is 1. The number of benzene rings is 2. The lowest BCUT2D eigenvalue weighted by Gasteiger charge is -1.99. The largest absolute Gasteiger partial charge is 0.454 e. The summed E-state index contributed by atoms with van der Waals surface area (Å²) in [7, 11) is 0. The van der Waals surface area contributed by atoms with Crippen LogP contribution in [0.1, 0.15) is 18.1 Å². The van der Waals surface area contributed by atoms with Gasteiger partial charge in [-0.15, -0.1) is 0 Å². The molecule has 2 aromatic rings. The van der Waals surface area contributed by atoms with Gasteiger partial charge < -0.3 is 14.2 Å². The second kappa shape index (κ2) is 6.95. The quantitative estimate of drug-likeness (QED) is 0.390. The van der Waals surface area contributed by atoms with Gasteiger partial charge in [0.25, 0.3) is 0 Å². The predicted molar refractivity (Wildman–Crippen MR) is 106 cm³/mol. The fourth-order valence-corrected chi connectivity index (χ4v) is 3.01. The second-order valence-corrected chi connectivity index (χ2v) is 7.09. The summed E-state index contributed by atoms with van der Waals surface area (Å²) in [4.78, 5) is 16.4. The Hall–Kier alpha value is -2.61. The van der Waals surface area contributed by atoms with E-state index in [0.29, 0.717) is 5.90 Å². The molecule has 2 heterocycles. The number of carbonyl (C=O) groups excluding carboxylic acids is 1. The summed E-state index contributed by atoms with van der Waals surface area (Å²) in [5.41, 5.74) is 2.90. The summed E-state index contributed by atoms with van der Waals surface area (Å²) in [5, 5.41) is 0. The van der Waals surface area contributed by atoms with Crippen molar-refractivity contribution in [1.29, 1.82) is 0 Å². The number of rotatable bonds is 3. The number of fused-ring (bicyclic) bond motifs is 1. The summed E-state index contributed by atoms with van der Waals surface area (Å²) >= 11 is 2.22. The molecule has 0 fully saturated rings. The van der Waals surface area contributed by atoms with Gasteiger partial charge in [0, 0.05) is 9.13 Å². The van der Waals surface area contributed by atoms with Gasteiger partial charge in [0.1, 0.15) is 0 Å². The number of halogens is 1. The van der Waals surface area contributed by atoms with Gasteiger partial charge in [-0.3, -0.25) is 0 Å². The van der Waals surface area contributed by atoms with Gasteiger partial charge in [-0.25, -0.2) is 9.79 Å². The Morgan fingerprint density at radius 1 is 1.12 bits per heavy atom. The van der Waals surface area contributed by atoms with Gasteiger partial charge in [-0.05, 0) is 83.1 Å². The summed E-state index contributed by atoms with van der Waals surface area (Å²) < 4.78 is 17.1. The standard InChI is InChI=1S/C20H14INO4/c1-12(8-13-2-7-17-18(10-13)25-11-24-17)9-16-20(23)26-19(22-16)14-3-5-15(21)6-4-14/h2-10H,11H2,1H3/b12-8+,16-9-. The minimum absolute atomic E-state index is 0.243. The van der Waals surface area contributed by atoms with Crippen LogP contribution in [-0.4, -0.2) is 18.7 Å². The third-order valence-electron chi connectivity index (χ3n) is 3.87. The molecule has 2 aliphatic heterocycles. The van der Waals surface area contributed by atoms with Crippen molar-refractivity contribution in [3.8, 4) is 11.5 Å². The number of cyclic esters (lactones) is 1. The molecule has 0 N–H and O–H groups in total. The Labute approximate surface area is 164 Å². The van der Waals surface area contributed by atoms with Crippen molar-refractivity contribution in [3.63, 3.8) is 0 Å². The molecule has 0 spiro atoms. The van der Waals surface area contributed by atoms with Crippen molar-refractivity contribution < 1.29 is 19.0 Å². The van der Waals surface area contributed by atoms with E-state index in [4.69, 9.17) is 14.2 Å². The Morgan fingerprint density at radius 2 is 1.88 bits per heavy atom. The molecule has 0 aromatic heterocycles. The van der Waals surface area contributed by atoms with Crippen molar-refractivity contribution in [2.75, 3.05) is 6.79 Å². The van der Waals surface area contributed by atoms with E-state index >= 15 is 0 Å². The number of hydrogen-bond donors (Lipinski definition) is 0. The smallest absolute Gasteiger partial charge is 0.363 e. The van der Waals surface area contributed by atoms with Crippen molar-refractivity contribution in [3.05, 3.63) is 74.5 Å². The molecule has 0 amide bonds. The highest BCUT2D eigenvalue weighted by Crippen LogP contribution is 2.33. The van der Waals surface area contributed by atoms with Gasteiger partial charge >= 0.3 is 5.97 Å². The molecule has 2 aliphatic rings. The van der Waals surface area contributed by atoms with E-state index in [0.717, 1.165) is 31.8 Å². The highest BCUT2D eigenvalue weighted by Gasteiger charge is 2.24. The summed E-state index contributed by atoms with van der Waals surface area (Å²) in [6.45, 7) is 2.15. The third-order valence-corrected chi connectivity index (χ3v) is 4.59. The van der Waals surface area contributed by atoms with Crippen molar-refractivity contribution in [2.24, 2.45) is 4.99 Å². The van der Waals surface area contributed by atoms with Crippen molar-refractivity contribution in [2.45, 2.75) is 6.92 Å². The molecule has 0 aliphatic carbocycles. The molecule has 0 atom stereocenters. The van der Waals surface area contributed by atoms with Gasteiger partial charge in [-0.2, -0.15) is 0 Å². The third kappa shape index (κ3) is 3.50. The molecular weight excluding hydrogens is 445 g/mol. The molecule has 5 nitrogen and oxygen atoms in total. The van der Waals surface area contributed by atoms with Crippen LogP contribution in [0, 0.1) is 3.57 Å². The van der Waals surface area contributed by atoms with E-state index in [1.807, 2.05) is 55.5 Å². The zero-order valence-electron chi connectivity index (χ0n) is 13.9. The van der Waals surface area contributed by atoms with Crippen LogP contribution in [0.3, 0.4) is 0 Å². The normalized spacial score (nSPS) is 17.5. The van der Waals surface area contributed by atoms with Gasteiger partial charge in [-0.1, -0.05) is 12.1 Å². The fourth-order valence-electron chi connectivity index (χ4n) is 2.65. The number of allylic oxidation sites excluding steroid dienone is 2. The zero-order valence-corrected chi connectivity index (χ0v) is 16.0. The van der Waals surface area contributed by atoms with E-state index in [1.165, 1.54) is 0 Å². The van der Waals surface area contributed by atoms with E-state index < -0.39 is 5.97 Å². The Kier molecular flexibility index (Phi) is 4.50. The fraction of sp³-hybridized carbons (Fsp3) is 0.100. The number of carbonyl (C=O) groups is 1. The van der Waals surface area contributed by atoms with Gasteiger partial charge in [0.2, 0.25) is 12.7 Å². The van der Waals surface area contributed by atoms with Crippen LogP contribution < -0.4 is 9.47 Å². The SMILES string of the molecule is CC(/C=C1\N=C(c2ccc(I)cc2)OC1=O)=C\c1ccc2c(c1)OCO2. The van der Waals surface area contributed by atoms with Crippen LogP contribution in [0.25, 0.3) is 6.08 Å². The maximum Gasteiger partial charge on any atom is 0.363 e. The minimum Gasteiger partial charge on any atom is -0.454 e. The molecule has 0 bridgehead atoms. The van der Waals surface area contributed by atoms with E-state index in [-0.39, 0.29) is 12.5 Å². The highest BCUT2D eigenvalue weighted by molar-refractivity contribution is 14.1. The van der Waals surface area contributed by atoms with E-state index in [2.05, 4.69) is 27.6 Å². The van der Waals surface area contributed by atoms with Crippen LogP contribution in [0.2, 0.25) is 0 Å². The van der Waals surface area contributed by atoms with E-state index in [9.17, 15) is 4.79 Å². The Morgan fingerprint density at radius 3 is 2.69 bits per heavy atom. The van der Waals surface area contributed by atoms with Gasteiger partial charge in [0.05, 0.1) is 0 Å². The molecule has 0 saturated heterocycles. The van der Waals surface area contributed by atoms with Gasteiger partial charge in [0.15, 0.2) is 17.2 Å². The lowest BCUT2D eigenvalue weighted by molar-refractivity contribution is -0.130. The highest BCUT2D eigenvalue weighted by atomic mass is 127. The summed E-state index contributed by atoms with van der Waals surface area (Å²) in [6, 6.07) is 13.3. The van der Waals surface area contributed by atoms with Crippen LogP contribution in [-0.2, 0) is 9.53 Å². The van der Waals surface area contributed by atoms with Crippen LogP contribution in [0.5, 0.6) is 11.5 Å². The van der Waals surface area contributed by atoms with Crippen LogP contribution >= 0.6 is 22.6 Å². The van der Waals surface area contributed by atoms with Crippen molar-refractivity contribution in [1.82, 2.24) is 0 Å². The van der Waals surface area contributed by atoms with Crippen molar-refractivity contribution >= 4 is 40.5 Å². The molecule has 0 radical (unpaired) electrons. The lowest BCUT2D eigenvalue weighted by Crippen LogP contribution is -2.05. The first-order chi connectivity index (χ1) is 12.6. The molecule has 26 heavy (non-hydrogen) atoms. The second-order valence-electron chi connectivity index (χ2n) is 5.84. The molecule has 0 saturated carbocycles. The van der Waals surface area contributed by atoms with Crippen LogP contribution in [0.15, 0.2) is 64.8 Å². The topological polar surface area (TPSA) is 57.1 Å². The Bertz CT molecular complexity index is 974. The lowest BCUT2D eigenvalue weighted by atomic mass is 10.1. The monoisotopic (exact) mass is 459 g/mol. The predicted octanol–water partition coefficient (Wildman–Crippen LogP) is 4.31. The first-order valence-corrected chi connectivity index (χ1v) is 9.03. The number of esters is 1. The number of hydrogen-bond acceptors (Lipinski definition) is 5.